The van der Waals surface area contributed by atoms with Crippen LogP contribution in [0.1, 0.15) is 43.0 Å². The second kappa shape index (κ2) is 5.31. The molecule has 1 N–H and O–H groups in total. The standard InChI is InChI=1S/C17H23N3/c1-12(2)10-14-4-6-15(7-5-14)16-8-9-18-17-13(3)11-19-20(16)17/h4-7,11-12,16,18H,8-10H2,1-3H3. The van der Waals surface area contributed by atoms with Gasteiger partial charge in [-0.25, -0.2) is 4.68 Å². The second-order valence-electron chi connectivity index (χ2n) is 6.19. The molecule has 0 spiro atoms. The molecule has 0 amide bonds. The van der Waals surface area contributed by atoms with Crippen molar-refractivity contribution in [3.8, 4) is 0 Å². The van der Waals surface area contributed by atoms with Crippen molar-refractivity contribution >= 4 is 5.82 Å². The molecule has 20 heavy (non-hydrogen) atoms. The summed E-state index contributed by atoms with van der Waals surface area (Å²) in [6.07, 6.45) is 4.20. The SMILES string of the molecule is Cc1cnn2c1NCCC2c1ccc(CC(C)C)cc1. The number of aromatic nitrogens is 2. The van der Waals surface area contributed by atoms with Crippen LogP contribution < -0.4 is 5.32 Å². The highest BCUT2D eigenvalue weighted by molar-refractivity contribution is 5.46. The largest absolute Gasteiger partial charge is 0.370 e. The summed E-state index contributed by atoms with van der Waals surface area (Å²) in [4.78, 5) is 0. The summed E-state index contributed by atoms with van der Waals surface area (Å²) in [6.45, 7) is 7.66. The zero-order chi connectivity index (χ0) is 14.1. The molecule has 3 rings (SSSR count). The first-order valence-corrected chi connectivity index (χ1v) is 7.52. The fraction of sp³-hybridized carbons (Fsp3) is 0.471. The van der Waals surface area contributed by atoms with Crippen LogP contribution in [-0.2, 0) is 6.42 Å². The van der Waals surface area contributed by atoms with E-state index in [9.17, 15) is 0 Å². The third-order valence-electron chi connectivity index (χ3n) is 3.99. The number of fused-ring (bicyclic) bond motifs is 1. The molecule has 0 bridgehead atoms. The number of hydrogen-bond acceptors (Lipinski definition) is 2. The van der Waals surface area contributed by atoms with Crippen LogP contribution in [0.2, 0.25) is 0 Å². The lowest BCUT2D eigenvalue weighted by atomic mass is 9.97. The van der Waals surface area contributed by atoms with Crippen molar-refractivity contribution in [1.82, 2.24) is 9.78 Å². The van der Waals surface area contributed by atoms with E-state index < -0.39 is 0 Å². The quantitative estimate of drug-likeness (QED) is 0.918. The number of rotatable bonds is 3. The Kier molecular flexibility index (Phi) is 3.51. The van der Waals surface area contributed by atoms with Crippen molar-refractivity contribution in [3.63, 3.8) is 0 Å². The molecule has 1 aromatic heterocycles. The van der Waals surface area contributed by atoms with E-state index in [4.69, 9.17) is 0 Å². The molecule has 0 aliphatic carbocycles. The Hall–Kier alpha value is -1.77. The normalized spacial score (nSPS) is 17.9. The average Bonchev–Trinajstić information content (AvgIpc) is 2.81. The van der Waals surface area contributed by atoms with Crippen molar-refractivity contribution in [3.05, 3.63) is 47.2 Å². The van der Waals surface area contributed by atoms with Crippen LogP contribution in [0, 0.1) is 12.8 Å². The Morgan fingerprint density at radius 2 is 2.05 bits per heavy atom. The molecule has 1 aliphatic rings. The smallest absolute Gasteiger partial charge is 0.127 e. The van der Waals surface area contributed by atoms with Crippen molar-refractivity contribution in [2.45, 2.75) is 39.7 Å². The molecule has 1 atom stereocenters. The lowest BCUT2D eigenvalue weighted by molar-refractivity contribution is 0.481. The van der Waals surface area contributed by atoms with Gasteiger partial charge >= 0.3 is 0 Å². The van der Waals surface area contributed by atoms with E-state index in [2.05, 4.69) is 60.1 Å². The third kappa shape index (κ3) is 2.45. The summed E-state index contributed by atoms with van der Waals surface area (Å²) in [5.41, 5.74) is 4.02. The summed E-state index contributed by atoms with van der Waals surface area (Å²) >= 11 is 0. The van der Waals surface area contributed by atoms with Gasteiger partial charge in [-0.2, -0.15) is 5.10 Å². The number of nitrogens with one attached hydrogen (secondary N) is 1. The van der Waals surface area contributed by atoms with Crippen molar-refractivity contribution in [1.29, 1.82) is 0 Å². The van der Waals surface area contributed by atoms with Gasteiger partial charge in [0, 0.05) is 12.1 Å². The maximum Gasteiger partial charge on any atom is 0.127 e. The first-order chi connectivity index (χ1) is 9.65. The Balaban J connectivity index is 1.87. The summed E-state index contributed by atoms with van der Waals surface area (Å²) in [7, 11) is 0. The number of aryl methyl sites for hydroxylation is 1. The molecule has 1 unspecified atom stereocenters. The molecule has 0 radical (unpaired) electrons. The molecular weight excluding hydrogens is 246 g/mol. The number of benzene rings is 1. The predicted molar refractivity (Wildman–Crippen MR) is 83.2 cm³/mol. The van der Waals surface area contributed by atoms with Crippen LogP contribution in [0.25, 0.3) is 0 Å². The summed E-state index contributed by atoms with van der Waals surface area (Å²) in [5, 5.41) is 7.99. The predicted octanol–water partition coefficient (Wildman–Crippen LogP) is 3.80. The lowest BCUT2D eigenvalue weighted by Crippen LogP contribution is -2.24. The maximum atomic E-state index is 4.54. The van der Waals surface area contributed by atoms with Gasteiger partial charge in [0.15, 0.2) is 0 Å². The van der Waals surface area contributed by atoms with Gasteiger partial charge in [0.25, 0.3) is 0 Å². The summed E-state index contributed by atoms with van der Waals surface area (Å²) in [5.74, 6) is 1.88. The van der Waals surface area contributed by atoms with Crippen LogP contribution in [0.15, 0.2) is 30.5 Å². The van der Waals surface area contributed by atoms with Crippen LogP contribution in [0.5, 0.6) is 0 Å². The van der Waals surface area contributed by atoms with Gasteiger partial charge in [0.05, 0.1) is 12.2 Å². The molecule has 2 heterocycles. The Bertz CT molecular complexity index is 581. The molecule has 0 saturated carbocycles. The third-order valence-corrected chi connectivity index (χ3v) is 3.99. The molecule has 2 aromatic rings. The Morgan fingerprint density at radius 1 is 1.30 bits per heavy atom. The summed E-state index contributed by atoms with van der Waals surface area (Å²) < 4.78 is 2.14. The van der Waals surface area contributed by atoms with E-state index >= 15 is 0 Å². The van der Waals surface area contributed by atoms with Gasteiger partial charge in [0.1, 0.15) is 5.82 Å². The molecule has 106 valence electrons. The van der Waals surface area contributed by atoms with E-state index in [1.807, 2.05) is 6.20 Å². The minimum absolute atomic E-state index is 0.369. The minimum Gasteiger partial charge on any atom is -0.370 e. The zero-order valence-corrected chi connectivity index (χ0v) is 12.6. The van der Waals surface area contributed by atoms with Gasteiger partial charge < -0.3 is 5.32 Å². The van der Waals surface area contributed by atoms with Gasteiger partial charge in [-0.05, 0) is 36.8 Å². The fourth-order valence-electron chi connectivity index (χ4n) is 3.01. The highest BCUT2D eigenvalue weighted by Crippen LogP contribution is 2.31. The van der Waals surface area contributed by atoms with E-state index in [0.29, 0.717) is 12.0 Å². The molecule has 1 aromatic carbocycles. The molecule has 0 saturated heterocycles. The summed E-state index contributed by atoms with van der Waals surface area (Å²) in [6, 6.07) is 9.46. The molecule has 1 aliphatic heterocycles. The molecule has 0 fully saturated rings. The first kappa shape index (κ1) is 13.2. The number of anilines is 1. The van der Waals surface area contributed by atoms with Crippen LogP contribution in [0.4, 0.5) is 5.82 Å². The minimum atomic E-state index is 0.369. The highest BCUT2D eigenvalue weighted by Gasteiger charge is 2.22. The number of hydrogen-bond donors (Lipinski definition) is 1. The molecular formula is C17H23N3. The van der Waals surface area contributed by atoms with Crippen LogP contribution >= 0.6 is 0 Å². The van der Waals surface area contributed by atoms with E-state index in [-0.39, 0.29) is 0 Å². The van der Waals surface area contributed by atoms with E-state index in [1.165, 1.54) is 22.5 Å². The number of nitrogens with zero attached hydrogens (tertiary/aromatic N) is 2. The van der Waals surface area contributed by atoms with Crippen molar-refractivity contribution < 1.29 is 0 Å². The van der Waals surface area contributed by atoms with Gasteiger partial charge in [-0.3, -0.25) is 0 Å². The van der Waals surface area contributed by atoms with Gasteiger partial charge in [-0.1, -0.05) is 38.1 Å². The Labute approximate surface area is 121 Å². The monoisotopic (exact) mass is 269 g/mol. The van der Waals surface area contributed by atoms with E-state index in [1.54, 1.807) is 0 Å². The lowest BCUT2D eigenvalue weighted by Gasteiger charge is -2.26. The maximum absolute atomic E-state index is 4.54. The average molecular weight is 269 g/mol. The van der Waals surface area contributed by atoms with Crippen LogP contribution in [-0.4, -0.2) is 16.3 Å². The fourth-order valence-corrected chi connectivity index (χ4v) is 3.01. The van der Waals surface area contributed by atoms with Crippen LogP contribution in [0.3, 0.4) is 0 Å². The highest BCUT2D eigenvalue weighted by atomic mass is 15.4. The molecule has 3 nitrogen and oxygen atoms in total. The topological polar surface area (TPSA) is 29.9 Å². The van der Waals surface area contributed by atoms with E-state index in [0.717, 1.165) is 19.4 Å². The van der Waals surface area contributed by atoms with Gasteiger partial charge in [-0.15, -0.1) is 0 Å². The Morgan fingerprint density at radius 3 is 2.75 bits per heavy atom. The zero-order valence-electron chi connectivity index (χ0n) is 12.6. The van der Waals surface area contributed by atoms with Crippen molar-refractivity contribution in [2.75, 3.05) is 11.9 Å². The van der Waals surface area contributed by atoms with Gasteiger partial charge in [0.2, 0.25) is 0 Å². The molecule has 3 heteroatoms. The second-order valence-corrected chi connectivity index (χ2v) is 6.19. The van der Waals surface area contributed by atoms with Crippen molar-refractivity contribution in [2.24, 2.45) is 5.92 Å². The first-order valence-electron chi connectivity index (χ1n) is 7.52.